The van der Waals surface area contributed by atoms with Gasteiger partial charge in [-0.3, -0.25) is 4.79 Å². The summed E-state index contributed by atoms with van der Waals surface area (Å²) < 4.78 is 0. The smallest absolute Gasteiger partial charge is 1.00 e. The Morgan fingerprint density at radius 2 is 1.82 bits per heavy atom. The predicted octanol–water partition coefficient (Wildman–Crippen LogP) is -0.985. The van der Waals surface area contributed by atoms with E-state index in [2.05, 4.69) is 0 Å². The number of rotatable bonds is 2. The van der Waals surface area contributed by atoms with Crippen molar-refractivity contribution in [2.45, 2.75) is 0 Å². The van der Waals surface area contributed by atoms with E-state index in [0.717, 1.165) is 11.8 Å². The summed E-state index contributed by atoms with van der Waals surface area (Å²) in [7, 11) is 0. The van der Waals surface area contributed by atoms with Gasteiger partial charge in [0.15, 0.2) is 0 Å². The van der Waals surface area contributed by atoms with Crippen LogP contribution in [0.25, 0.3) is 6.08 Å². The van der Waals surface area contributed by atoms with Gasteiger partial charge in [-0.15, -0.1) is 0 Å². The van der Waals surface area contributed by atoms with Crippen LogP contribution in [0.5, 0.6) is 0 Å². The van der Waals surface area contributed by atoms with E-state index in [9.17, 15) is 4.79 Å². The molecule has 0 atom stereocenters. The van der Waals surface area contributed by atoms with Gasteiger partial charge in [0.2, 0.25) is 0 Å². The predicted molar refractivity (Wildman–Crippen MR) is 42.7 cm³/mol. The first-order valence-electron chi connectivity index (χ1n) is 3.10. The summed E-state index contributed by atoms with van der Waals surface area (Å²) in [6.07, 6.45) is 4.02. The quantitative estimate of drug-likeness (QED) is 0.305. The van der Waals surface area contributed by atoms with Crippen molar-refractivity contribution in [1.82, 2.24) is 0 Å². The van der Waals surface area contributed by atoms with E-state index in [1.54, 1.807) is 6.08 Å². The Labute approximate surface area is 89.9 Å². The molecule has 0 N–H and O–H groups in total. The summed E-state index contributed by atoms with van der Waals surface area (Å²) >= 11 is 0. The molecule has 0 bridgehead atoms. The van der Waals surface area contributed by atoms with E-state index in [4.69, 9.17) is 0 Å². The number of carbonyl (C=O) groups is 1. The van der Waals surface area contributed by atoms with Gasteiger partial charge in [0.25, 0.3) is 0 Å². The van der Waals surface area contributed by atoms with Crippen molar-refractivity contribution in [2.75, 3.05) is 0 Å². The fourth-order valence-electron chi connectivity index (χ4n) is 0.715. The van der Waals surface area contributed by atoms with Crippen LogP contribution in [0, 0.1) is 0 Å². The molecule has 0 aliphatic heterocycles. The number of aldehydes is 1. The van der Waals surface area contributed by atoms with Crippen molar-refractivity contribution in [2.24, 2.45) is 0 Å². The molecule has 0 fully saturated rings. The summed E-state index contributed by atoms with van der Waals surface area (Å²) in [6, 6.07) is 9.70. The van der Waals surface area contributed by atoms with Crippen LogP contribution >= 0.6 is 0 Å². The molecule has 52 valence electrons. The van der Waals surface area contributed by atoms with Crippen LogP contribution in [-0.2, 0) is 4.79 Å². The van der Waals surface area contributed by atoms with Gasteiger partial charge in [0, 0.05) is 0 Å². The number of benzene rings is 1. The molecule has 0 radical (unpaired) electrons. The fraction of sp³-hybridized carbons (Fsp3) is 0. The maximum absolute atomic E-state index is 9.89. The molecule has 0 amide bonds. The Balaban J connectivity index is 0. The zero-order valence-electron chi connectivity index (χ0n) is 7.53. The van der Waals surface area contributed by atoms with Gasteiger partial charge in [-0.1, -0.05) is 36.4 Å². The van der Waals surface area contributed by atoms with Gasteiger partial charge in [0.05, 0.1) is 0 Å². The van der Waals surface area contributed by atoms with Crippen molar-refractivity contribution in [1.29, 1.82) is 0 Å². The van der Waals surface area contributed by atoms with E-state index >= 15 is 0 Å². The molecule has 0 aromatic heterocycles. The van der Waals surface area contributed by atoms with E-state index in [0.29, 0.717) is 0 Å². The molecule has 0 saturated carbocycles. The largest absolute Gasteiger partial charge is 1.00 e. The molecule has 1 nitrogen and oxygen atoms in total. The third-order valence-corrected chi connectivity index (χ3v) is 1.17. The van der Waals surface area contributed by atoms with Crippen LogP contribution in [0.3, 0.4) is 0 Å². The van der Waals surface area contributed by atoms with E-state index in [1.807, 2.05) is 30.3 Å². The Morgan fingerprint density at radius 1 is 1.18 bits per heavy atom. The second-order valence-corrected chi connectivity index (χ2v) is 1.91. The molecule has 2 heteroatoms. The SMILES string of the molecule is O=C/C=C/c1ccccc1.[H-].[Na+]. The van der Waals surface area contributed by atoms with Crippen molar-refractivity contribution >= 4 is 12.4 Å². The van der Waals surface area contributed by atoms with Gasteiger partial charge >= 0.3 is 29.6 Å². The van der Waals surface area contributed by atoms with Crippen LogP contribution in [0.15, 0.2) is 36.4 Å². The minimum Gasteiger partial charge on any atom is -1.00 e. The molecule has 0 unspecified atom stereocenters. The normalized spacial score (nSPS) is 9.09. The van der Waals surface area contributed by atoms with Crippen LogP contribution in [0.1, 0.15) is 6.99 Å². The Bertz CT molecular complexity index is 234. The van der Waals surface area contributed by atoms with Crippen LogP contribution < -0.4 is 29.6 Å². The topological polar surface area (TPSA) is 17.1 Å². The fourth-order valence-corrected chi connectivity index (χ4v) is 0.715. The number of carbonyl (C=O) groups excluding carboxylic acids is 1. The van der Waals surface area contributed by atoms with Crippen molar-refractivity contribution < 1.29 is 35.8 Å². The molecule has 0 aliphatic carbocycles. The average Bonchev–Trinajstić information content (AvgIpc) is 2.03. The summed E-state index contributed by atoms with van der Waals surface area (Å²) in [5.74, 6) is 0. The van der Waals surface area contributed by atoms with Crippen LogP contribution in [-0.4, -0.2) is 6.29 Å². The molecular formula is C9H9NaO. The first kappa shape index (κ1) is 10.6. The van der Waals surface area contributed by atoms with Crippen molar-refractivity contribution in [3.63, 3.8) is 0 Å². The maximum atomic E-state index is 9.89. The molecule has 0 aliphatic rings. The zero-order valence-corrected chi connectivity index (χ0v) is 8.53. The first-order valence-corrected chi connectivity index (χ1v) is 3.10. The molecule has 1 aromatic rings. The number of hydrogen-bond acceptors (Lipinski definition) is 1. The van der Waals surface area contributed by atoms with E-state index in [1.165, 1.54) is 6.08 Å². The molecule has 11 heavy (non-hydrogen) atoms. The molecule has 0 saturated heterocycles. The standard InChI is InChI=1S/C9H8O.Na.H/c10-8-4-7-9-5-2-1-3-6-9;;/h1-8H;;/q;+1;-1/b7-4+;;. The van der Waals surface area contributed by atoms with Gasteiger partial charge in [-0.25, -0.2) is 0 Å². The third-order valence-electron chi connectivity index (χ3n) is 1.17. The molecule has 0 spiro atoms. The molecular weight excluding hydrogens is 147 g/mol. The molecule has 0 heterocycles. The molecule has 1 aromatic carbocycles. The number of hydrogen-bond donors (Lipinski definition) is 0. The third kappa shape index (κ3) is 4.14. The van der Waals surface area contributed by atoms with Gasteiger partial charge in [-0.05, 0) is 11.6 Å². The van der Waals surface area contributed by atoms with Gasteiger partial charge in [0.1, 0.15) is 6.29 Å². The van der Waals surface area contributed by atoms with Crippen molar-refractivity contribution in [3.05, 3.63) is 42.0 Å². The maximum Gasteiger partial charge on any atom is 1.00 e. The minimum absolute atomic E-state index is 0. The van der Waals surface area contributed by atoms with E-state index in [-0.39, 0.29) is 31.0 Å². The first-order chi connectivity index (χ1) is 4.93. The summed E-state index contributed by atoms with van der Waals surface area (Å²) in [5.41, 5.74) is 1.05. The minimum atomic E-state index is 0. The Morgan fingerprint density at radius 3 is 2.36 bits per heavy atom. The van der Waals surface area contributed by atoms with Crippen molar-refractivity contribution in [3.8, 4) is 0 Å². The van der Waals surface area contributed by atoms with Crippen LogP contribution in [0.4, 0.5) is 0 Å². The second kappa shape index (κ2) is 6.35. The monoisotopic (exact) mass is 156 g/mol. The summed E-state index contributed by atoms with van der Waals surface area (Å²) in [6.45, 7) is 0. The van der Waals surface area contributed by atoms with E-state index < -0.39 is 0 Å². The van der Waals surface area contributed by atoms with Gasteiger partial charge in [-0.2, -0.15) is 0 Å². The second-order valence-electron chi connectivity index (χ2n) is 1.91. The Hall–Kier alpha value is -0.370. The number of allylic oxidation sites excluding steroid dienone is 1. The average molecular weight is 156 g/mol. The zero-order chi connectivity index (χ0) is 7.23. The molecule has 1 rings (SSSR count). The summed E-state index contributed by atoms with van der Waals surface area (Å²) in [5, 5.41) is 0. The summed E-state index contributed by atoms with van der Waals surface area (Å²) in [4.78, 5) is 9.89. The Kier molecular flexibility index (Phi) is 6.13. The van der Waals surface area contributed by atoms with Gasteiger partial charge < -0.3 is 1.43 Å². The van der Waals surface area contributed by atoms with Crippen LogP contribution in [0.2, 0.25) is 0 Å².